The van der Waals surface area contributed by atoms with Crippen LogP contribution in [0.1, 0.15) is 29.6 Å². The predicted molar refractivity (Wildman–Crippen MR) is 67.7 cm³/mol. The zero-order valence-electron chi connectivity index (χ0n) is 11.4. The molecule has 0 spiro atoms. The molecular weight excluding hydrogens is 250 g/mol. The lowest BCUT2D eigenvalue weighted by molar-refractivity contribution is -0.130. The summed E-state index contributed by atoms with van der Waals surface area (Å²) in [5, 5.41) is 12.2. The van der Waals surface area contributed by atoms with Gasteiger partial charge in [0.05, 0.1) is 13.1 Å². The van der Waals surface area contributed by atoms with Gasteiger partial charge in [-0.25, -0.2) is 4.79 Å². The molecule has 0 aliphatic heterocycles. The maximum Gasteiger partial charge on any atom is 0.358 e. The standard InChI is InChI=1S/C12H19N3O4/c1-4-5-15(8-11(16)14(2)3)7-9-6-10(12(17)18)13-19-9/h6H,4-5,7-8H2,1-3H3,(H,17,18). The normalized spacial score (nSPS) is 10.7. The molecule has 1 N–H and O–H groups in total. The Hall–Kier alpha value is -1.89. The highest BCUT2D eigenvalue weighted by atomic mass is 16.5. The second-order valence-corrected chi connectivity index (χ2v) is 4.48. The minimum absolute atomic E-state index is 0.00794. The largest absolute Gasteiger partial charge is 0.476 e. The SMILES string of the molecule is CCCN(CC(=O)N(C)C)Cc1cc(C(=O)O)no1. The third-order valence-electron chi connectivity index (χ3n) is 2.56. The Bertz CT molecular complexity index is 442. The molecule has 0 radical (unpaired) electrons. The Labute approximate surface area is 111 Å². The van der Waals surface area contributed by atoms with E-state index in [1.54, 1.807) is 14.1 Å². The predicted octanol–water partition coefficient (Wildman–Crippen LogP) is 0.673. The van der Waals surface area contributed by atoms with Crippen LogP contribution in [0.15, 0.2) is 10.6 Å². The van der Waals surface area contributed by atoms with Crippen molar-refractivity contribution in [2.45, 2.75) is 19.9 Å². The topological polar surface area (TPSA) is 86.9 Å². The van der Waals surface area contributed by atoms with Crippen LogP contribution in [0.5, 0.6) is 0 Å². The summed E-state index contributed by atoms with van der Waals surface area (Å²) in [6, 6.07) is 1.38. The lowest BCUT2D eigenvalue weighted by Gasteiger charge is -2.21. The number of nitrogens with zero attached hydrogens (tertiary/aromatic N) is 3. The molecule has 106 valence electrons. The highest BCUT2D eigenvalue weighted by Crippen LogP contribution is 2.08. The molecule has 0 atom stereocenters. The van der Waals surface area contributed by atoms with Crippen LogP contribution in [0.2, 0.25) is 0 Å². The molecular formula is C12H19N3O4. The van der Waals surface area contributed by atoms with Crippen molar-refractivity contribution in [3.63, 3.8) is 0 Å². The van der Waals surface area contributed by atoms with Crippen LogP contribution in [-0.4, -0.2) is 59.1 Å². The van der Waals surface area contributed by atoms with Gasteiger partial charge in [0.15, 0.2) is 11.5 Å². The number of hydrogen-bond acceptors (Lipinski definition) is 5. The van der Waals surface area contributed by atoms with E-state index in [1.165, 1.54) is 11.0 Å². The van der Waals surface area contributed by atoms with Gasteiger partial charge in [0.25, 0.3) is 0 Å². The molecule has 0 aliphatic rings. The minimum Gasteiger partial charge on any atom is -0.476 e. The van der Waals surface area contributed by atoms with Crippen molar-refractivity contribution in [3.8, 4) is 0 Å². The molecule has 0 aliphatic carbocycles. The second-order valence-electron chi connectivity index (χ2n) is 4.48. The smallest absolute Gasteiger partial charge is 0.358 e. The van der Waals surface area contributed by atoms with Crippen molar-refractivity contribution >= 4 is 11.9 Å². The van der Waals surface area contributed by atoms with Gasteiger partial charge in [-0.3, -0.25) is 9.69 Å². The van der Waals surface area contributed by atoms with Gasteiger partial charge in [-0.15, -0.1) is 0 Å². The van der Waals surface area contributed by atoms with E-state index in [0.717, 1.165) is 13.0 Å². The van der Waals surface area contributed by atoms with E-state index in [-0.39, 0.29) is 18.1 Å². The molecule has 19 heavy (non-hydrogen) atoms. The number of rotatable bonds is 7. The first-order valence-corrected chi connectivity index (χ1v) is 6.05. The van der Waals surface area contributed by atoms with Gasteiger partial charge in [-0.2, -0.15) is 0 Å². The first-order chi connectivity index (χ1) is 8.93. The van der Waals surface area contributed by atoms with Gasteiger partial charge >= 0.3 is 5.97 Å². The number of amides is 1. The fourth-order valence-corrected chi connectivity index (χ4v) is 1.57. The molecule has 0 fully saturated rings. The van der Waals surface area contributed by atoms with Crippen molar-refractivity contribution in [3.05, 3.63) is 17.5 Å². The lowest BCUT2D eigenvalue weighted by Crippen LogP contribution is -2.36. The molecule has 1 aromatic rings. The molecule has 1 rings (SSSR count). The first kappa shape index (κ1) is 15.2. The molecule has 0 bridgehead atoms. The van der Waals surface area contributed by atoms with Crippen LogP contribution in [0.25, 0.3) is 0 Å². The van der Waals surface area contributed by atoms with E-state index < -0.39 is 5.97 Å². The van der Waals surface area contributed by atoms with E-state index in [2.05, 4.69) is 5.16 Å². The average molecular weight is 269 g/mol. The summed E-state index contributed by atoms with van der Waals surface area (Å²) in [4.78, 5) is 25.8. The third-order valence-corrected chi connectivity index (χ3v) is 2.56. The van der Waals surface area contributed by atoms with Gasteiger partial charge < -0.3 is 14.5 Å². The number of carbonyl (C=O) groups excluding carboxylic acids is 1. The van der Waals surface area contributed by atoms with E-state index in [4.69, 9.17) is 9.63 Å². The summed E-state index contributed by atoms with van der Waals surface area (Å²) in [5.74, 6) is -0.690. The van der Waals surface area contributed by atoms with Crippen LogP contribution in [0.3, 0.4) is 0 Å². The Morgan fingerprint density at radius 1 is 1.42 bits per heavy atom. The third kappa shape index (κ3) is 4.70. The van der Waals surface area contributed by atoms with Crippen LogP contribution in [0.4, 0.5) is 0 Å². The van der Waals surface area contributed by atoms with Crippen molar-refractivity contribution in [2.75, 3.05) is 27.2 Å². The fourth-order valence-electron chi connectivity index (χ4n) is 1.57. The highest BCUT2D eigenvalue weighted by Gasteiger charge is 2.16. The monoisotopic (exact) mass is 269 g/mol. The maximum absolute atomic E-state index is 11.7. The van der Waals surface area contributed by atoms with Gasteiger partial charge in [-0.1, -0.05) is 12.1 Å². The van der Waals surface area contributed by atoms with E-state index in [0.29, 0.717) is 12.3 Å². The minimum atomic E-state index is -1.12. The van der Waals surface area contributed by atoms with Crippen LogP contribution in [-0.2, 0) is 11.3 Å². The van der Waals surface area contributed by atoms with Crippen molar-refractivity contribution in [1.29, 1.82) is 0 Å². The second kappa shape index (κ2) is 6.89. The summed E-state index contributed by atoms with van der Waals surface area (Å²) in [7, 11) is 3.40. The molecule has 1 heterocycles. The summed E-state index contributed by atoms with van der Waals surface area (Å²) in [6.07, 6.45) is 0.890. The zero-order chi connectivity index (χ0) is 14.4. The number of carbonyl (C=O) groups is 2. The van der Waals surface area contributed by atoms with Crippen molar-refractivity contribution in [1.82, 2.24) is 15.0 Å². The molecule has 0 aromatic carbocycles. The Morgan fingerprint density at radius 3 is 2.58 bits per heavy atom. The summed E-state index contributed by atoms with van der Waals surface area (Å²) < 4.78 is 4.95. The molecule has 1 amide bonds. The summed E-state index contributed by atoms with van der Waals surface area (Å²) in [6.45, 7) is 3.37. The number of carboxylic acid groups (broad SMARTS) is 1. The van der Waals surface area contributed by atoms with Gasteiger partial charge in [0.1, 0.15) is 0 Å². The lowest BCUT2D eigenvalue weighted by atomic mass is 10.3. The number of aromatic carboxylic acids is 1. The maximum atomic E-state index is 11.7. The first-order valence-electron chi connectivity index (χ1n) is 6.05. The molecule has 0 saturated carbocycles. The Balaban J connectivity index is 2.66. The number of likely N-dealkylation sites (N-methyl/N-ethyl adjacent to an activating group) is 1. The zero-order valence-corrected chi connectivity index (χ0v) is 11.4. The quantitative estimate of drug-likeness (QED) is 0.783. The molecule has 7 nitrogen and oxygen atoms in total. The van der Waals surface area contributed by atoms with Crippen molar-refractivity contribution in [2.24, 2.45) is 0 Å². The van der Waals surface area contributed by atoms with Crippen LogP contribution >= 0.6 is 0 Å². The molecule has 7 heteroatoms. The summed E-state index contributed by atoms with van der Waals surface area (Å²) in [5.41, 5.74) is -0.120. The van der Waals surface area contributed by atoms with Crippen LogP contribution in [0, 0.1) is 0 Å². The number of hydrogen-bond donors (Lipinski definition) is 1. The van der Waals surface area contributed by atoms with E-state index in [1.807, 2.05) is 11.8 Å². The average Bonchev–Trinajstić information content (AvgIpc) is 2.77. The van der Waals surface area contributed by atoms with Gasteiger partial charge in [0, 0.05) is 20.2 Å². The Morgan fingerprint density at radius 2 is 2.11 bits per heavy atom. The van der Waals surface area contributed by atoms with E-state index in [9.17, 15) is 9.59 Å². The molecule has 0 saturated heterocycles. The Kier molecular flexibility index (Phi) is 5.50. The summed E-state index contributed by atoms with van der Waals surface area (Å²) >= 11 is 0. The van der Waals surface area contributed by atoms with Crippen molar-refractivity contribution < 1.29 is 19.2 Å². The molecule has 1 aromatic heterocycles. The molecule has 0 unspecified atom stereocenters. The van der Waals surface area contributed by atoms with Crippen LogP contribution < -0.4 is 0 Å². The number of carboxylic acids is 1. The van der Waals surface area contributed by atoms with Gasteiger partial charge in [-0.05, 0) is 13.0 Å². The van der Waals surface area contributed by atoms with E-state index >= 15 is 0 Å². The highest BCUT2D eigenvalue weighted by molar-refractivity contribution is 5.85. The number of aromatic nitrogens is 1. The van der Waals surface area contributed by atoms with Gasteiger partial charge in [0.2, 0.25) is 5.91 Å². The fraction of sp³-hybridized carbons (Fsp3) is 0.583.